The molecule has 1 aromatic rings. The second-order valence-electron chi connectivity index (χ2n) is 11.1. The molecule has 3 aliphatic carbocycles. The van der Waals surface area contributed by atoms with E-state index in [2.05, 4.69) is 6.58 Å². The van der Waals surface area contributed by atoms with E-state index in [1.54, 1.807) is 13.0 Å². The van der Waals surface area contributed by atoms with E-state index in [9.17, 15) is 13.9 Å². The van der Waals surface area contributed by atoms with Crippen LogP contribution >= 0.6 is 0 Å². The van der Waals surface area contributed by atoms with Gasteiger partial charge in [0.15, 0.2) is 17.4 Å². The molecule has 2 fully saturated rings. The standard InChI is InChI=1S/C31H40F4O3/c1-3-4-17-37-27-16-11-23(28(32)31(27)35)18-38-24-12-9-22(10-13-24)26-15-14-25(29(33)30(26)34)21-7-5-20(6-8-21)19(2)36/h3,11,15-16,19-22,24-25,36H,1,4-10,12-14,17-18H2,2H3. The number of ether oxygens (including phenoxy) is 2. The van der Waals surface area contributed by atoms with Gasteiger partial charge in [-0.25, -0.2) is 13.2 Å². The maximum Gasteiger partial charge on any atom is 0.200 e. The molecule has 2 unspecified atom stereocenters. The molecule has 38 heavy (non-hydrogen) atoms. The van der Waals surface area contributed by atoms with E-state index < -0.39 is 29.2 Å². The van der Waals surface area contributed by atoms with Gasteiger partial charge in [0.1, 0.15) is 5.83 Å². The highest BCUT2D eigenvalue weighted by molar-refractivity contribution is 5.35. The van der Waals surface area contributed by atoms with Crippen LogP contribution in [0.5, 0.6) is 5.75 Å². The molecule has 0 spiro atoms. The summed E-state index contributed by atoms with van der Waals surface area (Å²) in [6.45, 7) is 5.54. The van der Waals surface area contributed by atoms with Gasteiger partial charge < -0.3 is 14.6 Å². The average Bonchev–Trinajstić information content (AvgIpc) is 2.92. The van der Waals surface area contributed by atoms with E-state index in [0.29, 0.717) is 44.1 Å². The zero-order chi connectivity index (χ0) is 27.2. The second-order valence-corrected chi connectivity index (χ2v) is 11.1. The molecule has 1 N–H and O–H groups in total. The molecule has 0 aromatic heterocycles. The summed E-state index contributed by atoms with van der Waals surface area (Å²) in [6.07, 6.45) is 10.1. The number of hydrogen-bond acceptors (Lipinski definition) is 3. The van der Waals surface area contributed by atoms with Gasteiger partial charge >= 0.3 is 0 Å². The molecule has 4 rings (SSSR count). The molecular formula is C31H40F4O3. The van der Waals surface area contributed by atoms with Crippen molar-refractivity contribution >= 4 is 0 Å². The summed E-state index contributed by atoms with van der Waals surface area (Å²) in [6, 6.07) is 2.87. The summed E-state index contributed by atoms with van der Waals surface area (Å²) >= 11 is 0. The molecule has 2 saturated carbocycles. The van der Waals surface area contributed by atoms with Gasteiger partial charge in [-0.15, -0.1) is 6.58 Å². The van der Waals surface area contributed by atoms with E-state index in [4.69, 9.17) is 9.47 Å². The Bertz CT molecular complexity index is 1020. The number of halogens is 4. The molecule has 0 saturated heterocycles. The van der Waals surface area contributed by atoms with Crippen LogP contribution in [0.25, 0.3) is 0 Å². The molecule has 0 heterocycles. The first-order chi connectivity index (χ1) is 18.3. The van der Waals surface area contributed by atoms with Gasteiger partial charge in [-0.05, 0) is 107 Å². The lowest BCUT2D eigenvalue weighted by Crippen LogP contribution is -2.29. The maximum absolute atomic E-state index is 15.2. The molecule has 2 atom stereocenters. The van der Waals surface area contributed by atoms with Crippen LogP contribution in [0.2, 0.25) is 0 Å². The first-order valence-corrected chi connectivity index (χ1v) is 14.1. The predicted octanol–water partition coefficient (Wildman–Crippen LogP) is 8.28. The Morgan fingerprint density at radius 1 is 1.00 bits per heavy atom. The summed E-state index contributed by atoms with van der Waals surface area (Å²) in [7, 11) is 0. The molecule has 0 aliphatic heterocycles. The number of benzene rings is 1. The van der Waals surface area contributed by atoms with E-state index in [0.717, 1.165) is 25.7 Å². The van der Waals surface area contributed by atoms with Crippen LogP contribution in [-0.2, 0) is 11.3 Å². The van der Waals surface area contributed by atoms with Crippen LogP contribution in [0.3, 0.4) is 0 Å². The maximum atomic E-state index is 15.2. The van der Waals surface area contributed by atoms with Crippen molar-refractivity contribution in [1.82, 2.24) is 0 Å². The van der Waals surface area contributed by atoms with Crippen molar-refractivity contribution < 1.29 is 32.1 Å². The van der Waals surface area contributed by atoms with Gasteiger partial charge in [0, 0.05) is 11.5 Å². The Labute approximate surface area is 223 Å². The number of rotatable bonds is 10. The highest BCUT2D eigenvalue weighted by atomic mass is 19.2. The smallest absolute Gasteiger partial charge is 0.200 e. The minimum absolute atomic E-state index is 0.0599. The SMILES string of the molecule is C=CCCOc1ccc(COC2CCC(C3=CCC(C4CCC(C(C)O)CC4)C(F)=C3F)CC2)c(F)c1F. The molecule has 3 nitrogen and oxygen atoms in total. The summed E-state index contributed by atoms with van der Waals surface area (Å²) in [5.41, 5.74) is 0.607. The van der Waals surface area contributed by atoms with Crippen molar-refractivity contribution in [3.63, 3.8) is 0 Å². The van der Waals surface area contributed by atoms with Gasteiger partial charge in [-0.1, -0.05) is 12.2 Å². The fraction of sp³-hybridized carbons (Fsp3) is 0.613. The molecule has 210 valence electrons. The van der Waals surface area contributed by atoms with Gasteiger partial charge in [-0.3, -0.25) is 0 Å². The average molecular weight is 537 g/mol. The van der Waals surface area contributed by atoms with E-state index >= 15 is 8.78 Å². The topological polar surface area (TPSA) is 38.7 Å². The lowest BCUT2D eigenvalue weighted by atomic mass is 9.70. The number of aliphatic hydroxyl groups excluding tert-OH is 1. The van der Waals surface area contributed by atoms with Crippen molar-refractivity contribution in [2.24, 2.45) is 23.7 Å². The van der Waals surface area contributed by atoms with Crippen LogP contribution in [-0.4, -0.2) is 23.9 Å². The van der Waals surface area contributed by atoms with Crippen LogP contribution < -0.4 is 4.74 Å². The molecule has 3 aliphatic rings. The Morgan fingerprint density at radius 2 is 1.71 bits per heavy atom. The first-order valence-electron chi connectivity index (χ1n) is 14.1. The highest BCUT2D eigenvalue weighted by Crippen LogP contribution is 2.46. The minimum Gasteiger partial charge on any atom is -0.490 e. The predicted molar refractivity (Wildman–Crippen MR) is 140 cm³/mol. The molecule has 7 heteroatoms. The molecule has 1 aromatic carbocycles. The van der Waals surface area contributed by atoms with Crippen LogP contribution in [0.15, 0.2) is 48.1 Å². The Hall–Kier alpha value is -2.12. The quantitative estimate of drug-likeness (QED) is 0.186. The van der Waals surface area contributed by atoms with E-state index in [1.165, 1.54) is 12.1 Å². The summed E-state index contributed by atoms with van der Waals surface area (Å²) in [5.74, 6) is -3.50. The minimum atomic E-state index is -1.03. The van der Waals surface area contributed by atoms with Crippen LogP contribution in [0.1, 0.15) is 76.7 Å². The van der Waals surface area contributed by atoms with E-state index in [-0.39, 0.29) is 54.5 Å². The van der Waals surface area contributed by atoms with Crippen molar-refractivity contribution in [3.05, 3.63) is 65.3 Å². The molecule has 0 amide bonds. The third-order valence-corrected chi connectivity index (χ3v) is 8.74. The first kappa shape index (κ1) is 28.9. The lowest BCUT2D eigenvalue weighted by molar-refractivity contribution is 0.00854. The fourth-order valence-electron chi connectivity index (χ4n) is 6.32. The van der Waals surface area contributed by atoms with Gasteiger partial charge in [-0.2, -0.15) is 4.39 Å². The van der Waals surface area contributed by atoms with Gasteiger partial charge in [0.2, 0.25) is 5.82 Å². The summed E-state index contributed by atoms with van der Waals surface area (Å²) < 4.78 is 70.3. The van der Waals surface area contributed by atoms with Crippen molar-refractivity contribution in [3.8, 4) is 5.75 Å². The second kappa shape index (κ2) is 13.3. The monoisotopic (exact) mass is 536 g/mol. The third kappa shape index (κ3) is 6.71. The lowest BCUT2D eigenvalue weighted by Gasteiger charge is -2.36. The fourth-order valence-corrected chi connectivity index (χ4v) is 6.32. The van der Waals surface area contributed by atoms with E-state index in [1.807, 2.05) is 6.08 Å². The Balaban J connectivity index is 1.26. The van der Waals surface area contributed by atoms with Crippen LogP contribution in [0, 0.1) is 35.3 Å². The third-order valence-electron chi connectivity index (χ3n) is 8.74. The summed E-state index contributed by atoms with van der Waals surface area (Å²) in [4.78, 5) is 0. The number of hydrogen-bond donors (Lipinski definition) is 1. The van der Waals surface area contributed by atoms with Crippen molar-refractivity contribution in [1.29, 1.82) is 0 Å². The number of aliphatic hydroxyl groups is 1. The van der Waals surface area contributed by atoms with Crippen molar-refractivity contribution in [2.45, 2.75) is 89.9 Å². The Kier molecular flexibility index (Phi) is 10.1. The molecular weight excluding hydrogens is 496 g/mol. The van der Waals surface area contributed by atoms with Crippen molar-refractivity contribution in [2.75, 3.05) is 6.61 Å². The zero-order valence-electron chi connectivity index (χ0n) is 22.2. The largest absolute Gasteiger partial charge is 0.490 e. The number of allylic oxidation sites excluding steroid dienone is 4. The van der Waals surface area contributed by atoms with Gasteiger partial charge in [0.25, 0.3) is 0 Å². The zero-order valence-corrected chi connectivity index (χ0v) is 22.2. The van der Waals surface area contributed by atoms with Gasteiger partial charge in [0.05, 0.1) is 25.4 Å². The Morgan fingerprint density at radius 3 is 2.37 bits per heavy atom. The summed E-state index contributed by atoms with van der Waals surface area (Å²) in [5, 5.41) is 9.82. The normalized spacial score (nSPS) is 29.1. The molecule has 0 radical (unpaired) electrons. The highest BCUT2D eigenvalue weighted by Gasteiger charge is 2.37. The molecule has 0 bridgehead atoms. The van der Waals surface area contributed by atoms with Crippen LogP contribution in [0.4, 0.5) is 17.6 Å².